The maximum absolute atomic E-state index is 12.1. The van der Waals surface area contributed by atoms with Gasteiger partial charge in [-0.25, -0.2) is 0 Å². The van der Waals surface area contributed by atoms with Crippen LogP contribution in [0.5, 0.6) is 0 Å². The highest BCUT2D eigenvalue weighted by molar-refractivity contribution is 5.79. The Hall–Kier alpha value is -0.570. The maximum Gasteiger partial charge on any atom is 0.225 e. The van der Waals surface area contributed by atoms with Crippen molar-refractivity contribution >= 4 is 5.91 Å². The number of amides is 1. The van der Waals surface area contributed by atoms with E-state index < -0.39 is 0 Å². The molecule has 2 rings (SSSR count). The molecule has 2 N–H and O–H groups in total. The first-order chi connectivity index (χ1) is 6.68. The van der Waals surface area contributed by atoms with E-state index in [9.17, 15) is 4.79 Å². The number of carbonyl (C=O) groups excluding carboxylic acids is 1. The summed E-state index contributed by atoms with van der Waals surface area (Å²) in [6.07, 6.45) is 5.61. The number of nitrogens with two attached hydrogens (primary N) is 1. The molecule has 0 aromatic heterocycles. The van der Waals surface area contributed by atoms with Gasteiger partial charge in [-0.2, -0.15) is 0 Å². The highest BCUT2D eigenvalue weighted by Gasteiger charge is 2.34. The summed E-state index contributed by atoms with van der Waals surface area (Å²) in [5.41, 5.74) is 5.86. The van der Waals surface area contributed by atoms with E-state index in [4.69, 9.17) is 5.73 Å². The number of carbonyl (C=O) groups is 1. The molecule has 1 aliphatic heterocycles. The van der Waals surface area contributed by atoms with Gasteiger partial charge in [0.1, 0.15) is 0 Å². The number of hydrogen-bond donors (Lipinski definition) is 1. The lowest BCUT2D eigenvalue weighted by Gasteiger charge is -2.24. The first kappa shape index (κ1) is 9.97. The lowest BCUT2D eigenvalue weighted by Crippen LogP contribution is -2.38. The van der Waals surface area contributed by atoms with Crippen LogP contribution in [0.15, 0.2) is 0 Å². The van der Waals surface area contributed by atoms with Crippen LogP contribution in [0, 0.1) is 5.92 Å². The molecule has 2 atom stereocenters. The molecule has 0 aromatic carbocycles. The average molecular weight is 196 g/mol. The fraction of sp³-hybridized carbons (Fsp3) is 0.909. The molecule has 3 nitrogen and oxygen atoms in total. The molecule has 0 radical (unpaired) electrons. The fourth-order valence-corrected chi connectivity index (χ4v) is 2.79. The van der Waals surface area contributed by atoms with Gasteiger partial charge in [-0.05, 0) is 26.2 Å². The van der Waals surface area contributed by atoms with Crippen molar-refractivity contribution < 1.29 is 4.79 Å². The lowest BCUT2D eigenvalue weighted by molar-refractivity contribution is -0.135. The Balaban J connectivity index is 1.96. The van der Waals surface area contributed by atoms with Crippen molar-refractivity contribution in [1.29, 1.82) is 0 Å². The topological polar surface area (TPSA) is 46.3 Å². The van der Waals surface area contributed by atoms with Crippen molar-refractivity contribution in [3.05, 3.63) is 0 Å². The van der Waals surface area contributed by atoms with Crippen LogP contribution < -0.4 is 5.73 Å². The van der Waals surface area contributed by atoms with Gasteiger partial charge in [0.25, 0.3) is 0 Å². The van der Waals surface area contributed by atoms with E-state index >= 15 is 0 Å². The van der Waals surface area contributed by atoms with Crippen LogP contribution in [0.3, 0.4) is 0 Å². The molecule has 1 aliphatic carbocycles. The molecule has 1 amide bonds. The van der Waals surface area contributed by atoms with Crippen LogP contribution in [0.25, 0.3) is 0 Å². The summed E-state index contributed by atoms with van der Waals surface area (Å²) in [6, 6.07) is 0.563. The Kier molecular flexibility index (Phi) is 2.77. The molecule has 1 saturated heterocycles. The molecule has 2 fully saturated rings. The first-order valence-electron chi connectivity index (χ1n) is 5.74. The molecule has 1 saturated carbocycles. The third kappa shape index (κ3) is 1.78. The smallest absolute Gasteiger partial charge is 0.225 e. The van der Waals surface area contributed by atoms with Gasteiger partial charge in [-0.1, -0.05) is 12.8 Å². The van der Waals surface area contributed by atoms with Crippen LogP contribution in [-0.4, -0.2) is 29.4 Å². The highest BCUT2D eigenvalue weighted by atomic mass is 16.2. The van der Waals surface area contributed by atoms with Crippen LogP contribution in [-0.2, 0) is 4.79 Å². The minimum absolute atomic E-state index is 0.204. The van der Waals surface area contributed by atoms with Crippen molar-refractivity contribution in [3.63, 3.8) is 0 Å². The molecule has 0 aromatic rings. The van der Waals surface area contributed by atoms with Crippen LogP contribution >= 0.6 is 0 Å². The van der Waals surface area contributed by atoms with Gasteiger partial charge < -0.3 is 10.6 Å². The third-order valence-corrected chi connectivity index (χ3v) is 3.59. The van der Waals surface area contributed by atoms with E-state index in [2.05, 4.69) is 6.92 Å². The normalized spacial score (nSPS) is 34.0. The SMILES string of the molecule is CC1CC(N)CN1C(=O)C1CCCC1. The maximum atomic E-state index is 12.1. The van der Waals surface area contributed by atoms with Crippen molar-refractivity contribution in [2.45, 2.75) is 51.1 Å². The first-order valence-corrected chi connectivity index (χ1v) is 5.74. The Morgan fingerprint density at radius 1 is 1.36 bits per heavy atom. The zero-order chi connectivity index (χ0) is 10.1. The summed E-state index contributed by atoms with van der Waals surface area (Å²) in [4.78, 5) is 14.1. The molecule has 14 heavy (non-hydrogen) atoms. The van der Waals surface area contributed by atoms with Gasteiger partial charge >= 0.3 is 0 Å². The highest BCUT2D eigenvalue weighted by Crippen LogP contribution is 2.29. The summed E-state index contributed by atoms with van der Waals surface area (Å²) >= 11 is 0. The summed E-state index contributed by atoms with van der Waals surface area (Å²) in [7, 11) is 0. The average Bonchev–Trinajstić information content (AvgIpc) is 2.73. The van der Waals surface area contributed by atoms with Gasteiger partial charge in [0.05, 0.1) is 0 Å². The fourth-order valence-electron chi connectivity index (χ4n) is 2.79. The summed E-state index contributed by atoms with van der Waals surface area (Å²) < 4.78 is 0. The van der Waals surface area contributed by atoms with E-state index in [0.717, 1.165) is 25.8 Å². The molecule has 2 aliphatic rings. The van der Waals surface area contributed by atoms with E-state index in [1.165, 1.54) is 12.8 Å². The summed E-state index contributed by atoms with van der Waals surface area (Å²) in [5, 5.41) is 0. The second kappa shape index (κ2) is 3.89. The van der Waals surface area contributed by atoms with E-state index in [1.807, 2.05) is 4.90 Å². The molecular formula is C11H20N2O. The molecular weight excluding hydrogens is 176 g/mol. The largest absolute Gasteiger partial charge is 0.338 e. The molecule has 0 bridgehead atoms. The lowest BCUT2D eigenvalue weighted by atomic mass is 10.1. The molecule has 1 heterocycles. The van der Waals surface area contributed by atoms with Gasteiger partial charge in [0.2, 0.25) is 5.91 Å². The second-order valence-corrected chi connectivity index (χ2v) is 4.82. The predicted molar refractivity (Wildman–Crippen MR) is 55.7 cm³/mol. The Morgan fingerprint density at radius 3 is 2.50 bits per heavy atom. The number of hydrogen-bond acceptors (Lipinski definition) is 2. The zero-order valence-electron chi connectivity index (χ0n) is 8.91. The van der Waals surface area contributed by atoms with Gasteiger partial charge in [0, 0.05) is 24.5 Å². The zero-order valence-corrected chi connectivity index (χ0v) is 8.91. The number of nitrogens with zero attached hydrogens (tertiary/aromatic N) is 1. The monoisotopic (exact) mass is 196 g/mol. The van der Waals surface area contributed by atoms with E-state index in [-0.39, 0.29) is 6.04 Å². The minimum Gasteiger partial charge on any atom is -0.338 e. The second-order valence-electron chi connectivity index (χ2n) is 4.82. The number of rotatable bonds is 1. The molecule has 3 heteroatoms. The van der Waals surface area contributed by atoms with Crippen molar-refractivity contribution in [2.75, 3.05) is 6.54 Å². The quantitative estimate of drug-likeness (QED) is 0.683. The summed E-state index contributed by atoms with van der Waals surface area (Å²) in [6.45, 7) is 2.89. The van der Waals surface area contributed by atoms with Crippen LogP contribution in [0.1, 0.15) is 39.0 Å². The van der Waals surface area contributed by atoms with Crippen LogP contribution in [0.4, 0.5) is 0 Å². The third-order valence-electron chi connectivity index (χ3n) is 3.59. The van der Waals surface area contributed by atoms with Gasteiger partial charge in [0.15, 0.2) is 0 Å². The number of likely N-dealkylation sites (tertiary alicyclic amines) is 1. The van der Waals surface area contributed by atoms with Gasteiger partial charge in [-0.15, -0.1) is 0 Å². The summed E-state index contributed by atoms with van der Waals surface area (Å²) in [5.74, 6) is 0.672. The molecule has 0 spiro atoms. The van der Waals surface area contributed by atoms with Crippen molar-refractivity contribution in [3.8, 4) is 0 Å². The molecule has 80 valence electrons. The van der Waals surface area contributed by atoms with E-state index in [0.29, 0.717) is 17.9 Å². The van der Waals surface area contributed by atoms with Gasteiger partial charge in [-0.3, -0.25) is 4.79 Å². The van der Waals surface area contributed by atoms with Crippen molar-refractivity contribution in [1.82, 2.24) is 4.90 Å². The van der Waals surface area contributed by atoms with Crippen LogP contribution in [0.2, 0.25) is 0 Å². The Bertz CT molecular complexity index is 223. The Labute approximate surface area is 85.6 Å². The minimum atomic E-state index is 0.204. The predicted octanol–water partition coefficient (Wildman–Crippen LogP) is 1.12. The standard InChI is InChI=1S/C11H20N2O/c1-8-6-10(12)7-13(8)11(14)9-4-2-3-5-9/h8-10H,2-7,12H2,1H3. The van der Waals surface area contributed by atoms with E-state index in [1.54, 1.807) is 0 Å². The Morgan fingerprint density at radius 2 is 2.00 bits per heavy atom. The molecule has 2 unspecified atom stereocenters. The van der Waals surface area contributed by atoms with Crippen molar-refractivity contribution in [2.24, 2.45) is 11.7 Å².